The fourth-order valence-corrected chi connectivity index (χ4v) is 2.82. The number of H-pyrrole nitrogens is 1. The van der Waals surface area contributed by atoms with Crippen molar-refractivity contribution in [3.63, 3.8) is 0 Å². The highest BCUT2D eigenvalue weighted by Gasteiger charge is 2.07. The molecule has 0 bridgehead atoms. The van der Waals surface area contributed by atoms with Gasteiger partial charge in [0, 0.05) is 29.6 Å². The number of rotatable bonds is 4. The number of nitrogens with one attached hydrogen (secondary N) is 2. The maximum atomic E-state index is 11.3. The third kappa shape index (κ3) is 3.81. The van der Waals surface area contributed by atoms with Crippen LogP contribution in [-0.4, -0.2) is 15.2 Å². The van der Waals surface area contributed by atoms with Crippen molar-refractivity contribution in [3.05, 3.63) is 56.1 Å². The van der Waals surface area contributed by atoms with Crippen molar-refractivity contribution in [3.8, 4) is 0 Å². The topological polar surface area (TPSA) is 93.5 Å². The summed E-state index contributed by atoms with van der Waals surface area (Å²) in [4.78, 5) is 18.1. The predicted octanol–water partition coefficient (Wildman–Crippen LogP) is 1.43. The Morgan fingerprint density at radius 1 is 1.50 bits per heavy atom. The molecule has 2 rings (SSSR count). The van der Waals surface area contributed by atoms with Gasteiger partial charge < -0.3 is 10.2 Å². The molecule has 0 amide bonds. The molecule has 1 heterocycles. The molecule has 0 radical (unpaired) electrons. The zero-order valence-corrected chi connectivity index (χ0v) is 12.1. The Bertz CT molecular complexity index is 675. The molecule has 0 aliphatic heterocycles. The van der Waals surface area contributed by atoms with Crippen LogP contribution in [0.5, 0.6) is 0 Å². The summed E-state index contributed by atoms with van der Waals surface area (Å²) < 4.78 is 0. The minimum atomic E-state index is -1.02. The average Bonchev–Trinajstić information content (AvgIpc) is 2.36. The van der Waals surface area contributed by atoms with Crippen LogP contribution in [0.15, 0.2) is 34.2 Å². The Balaban J connectivity index is 2.13. The summed E-state index contributed by atoms with van der Waals surface area (Å²) in [7, 11) is 0. The van der Waals surface area contributed by atoms with Crippen LogP contribution < -0.4 is 10.8 Å². The first-order valence-electron chi connectivity index (χ1n) is 5.68. The zero-order valence-electron chi connectivity index (χ0n) is 10.5. The second kappa shape index (κ2) is 6.38. The fraction of sp³-hybridized carbons (Fsp3) is 0.167. The summed E-state index contributed by atoms with van der Waals surface area (Å²) in [5, 5.41) is 19.5. The smallest absolute Gasteiger partial charge is 0.251 e. The number of aromatic amines is 1. The largest absolute Gasteiger partial charge is 0.595 e. The van der Waals surface area contributed by atoms with E-state index in [4.69, 9.17) is 16.8 Å². The molecule has 0 saturated heterocycles. The van der Waals surface area contributed by atoms with Crippen molar-refractivity contribution in [1.29, 1.82) is 0 Å². The molecule has 0 spiro atoms. The van der Waals surface area contributed by atoms with Crippen LogP contribution in [0.3, 0.4) is 0 Å². The standard InChI is InChI=1S/C12H12ClN3O3S/c1-7-4-11(17)15-12(14-7)20-6-8-2-3-9(16(18)19)5-10(8)13/h2-5,16,18H,6H2,1H3,(H,14,15,17). The summed E-state index contributed by atoms with van der Waals surface area (Å²) in [5.41, 5.74) is 1.37. The van der Waals surface area contributed by atoms with E-state index in [0.29, 0.717) is 21.6 Å². The van der Waals surface area contributed by atoms with E-state index in [9.17, 15) is 10.0 Å². The van der Waals surface area contributed by atoms with Crippen molar-refractivity contribution in [1.82, 2.24) is 9.97 Å². The maximum absolute atomic E-state index is 11.3. The zero-order chi connectivity index (χ0) is 14.7. The summed E-state index contributed by atoms with van der Waals surface area (Å²) in [6.45, 7) is 1.74. The second-order valence-electron chi connectivity index (χ2n) is 4.09. The molecule has 0 saturated carbocycles. The number of nitrogens with zero attached hydrogens (tertiary/aromatic N) is 1. The normalized spacial score (nSPS) is 12.4. The molecular weight excluding hydrogens is 302 g/mol. The number of aryl methyl sites for hydroxylation is 1. The molecule has 8 heteroatoms. The molecule has 1 aromatic carbocycles. The number of aromatic nitrogens is 2. The van der Waals surface area contributed by atoms with E-state index in [-0.39, 0.29) is 11.2 Å². The monoisotopic (exact) mass is 313 g/mol. The molecule has 6 nitrogen and oxygen atoms in total. The van der Waals surface area contributed by atoms with Crippen LogP contribution in [-0.2, 0) is 5.75 Å². The lowest BCUT2D eigenvalue weighted by Crippen LogP contribution is -2.99. The Morgan fingerprint density at radius 2 is 2.25 bits per heavy atom. The molecular formula is C12H12ClN3O3S. The maximum Gasteiger partial charge on any atom is 0.251 e. The van der Waals surface area contributed by atoms with E-state index < -0.39 is 5.23 Å². The molecule has 0 aliphatic rings. The first-order chi connectivity index (χ1) is 9.45. The van der Waals surface area contributed by atoms with Crippen molar-refractivity contribution in [2.45, 2.75) is 17.8 Å². The number of hydrogen-bond acceptors (Lipinski definition) is 5. The summed E-state index contributed by atoms with van der Waals surface area (Å²) in [6, 6.07) is 5.98. The summed E-state index contributed by atoms with van der Waals surface area (Å²) >= 11 is 7.36. The highest BCUT2D eigenvalue weighted by molar-refractivity contribution is 7.98. The van der Waals surface area contributed by atoms with Gasteiger partial charge in [0.05, 0.1) is 5.02 Å². The number of quaternary nitrogens is 1. The second-order valence-corrected chi connectivity index (χ2v) is 5.46. The van der Waals surface area contributed by atoms with Gasteiger partial charge in [0.25, 0.3) is 5.56 Å². The van der Waals surface area contributed by atoms with Gasteiger partial charge in [0.1, 0.15) is 0 Å². The number of hydrogen-bond donors (Lipinski definition) is 3. The van der Waals surface area contributed by atoms with Crippen molar-refractivity contribution in [2.24, 2.45) is 0 Å². The third-order valence-electron chi connectivity index (χ3n) is 2.51. The van der Waals surface area contributed by atoms with Crippen LogP contribution in [0.4, 0.5) is 5.69 Å². The lowest BCUT2D eigenvalue weighted by molar-refractivity contribution is -0.991. The van der Waals surface area contributed by atoms with E-state index >= 15 is 0 Å². The molecule has 1 atom stereocenters. The minimum Gasteiger partial charge on any atom is -0.595 e. The van der Waals surface area contributed by atoms with Gasteiger partial charge in [-0.1, -0.05) is 29.4 Å². The fourth-order valence-electron chi connectivity index (χ4n) is 1.56. The van der Waals surface area contributed by atoms with Gasteiger partial charge >= 0.3 is 0 Å². The van der Waals surface area contributed by atoms with Gasteiger partial charge in [-0.3, -0.25) is 4.79 Å². The van der Waals surface area contributed by atoms with Crippen LogP contribution >= 0.6 is 23.4 Å². The molecule has 3 N–H and O–H groups in total. The predicted molar refractivity (Wildman–Crippen MR) is 76.4 cm³/mol. The molecule has 2 aromatic rings. The Kier molecular flexibility index (Phi) is 4.79. The van der Waals surface area contributed by atoms with Gasteiger partial charge in [0.15, 0.2) is 10.8 Å². The van der Waals surface area contributed by atoms with E-state index in [1.54, 1.807) is 13.0 Å². The van der Waals surface area contributed by atoms with Gasteiger partial charge in [0.2, 0.25) is 0 Å². The lowest BCUT2D eigenvalue weighted by atomic mass is 10.2. The van der Waals surface area contributed by atoms with Crippen LogP contribution in [0.25, 0.3) is 0 Å². The summed E-state index contributed by atoms with van der Waals surface area (Å²) in [5.74, 6) is 0.491. The molecule has 0 aliphatic carbocycles. The van der Waals surface area contributed by atoms with Crippen molar-refractivity contribution >= 4 is 29.1 Å². The highest BCUT2D eigenvalue weighted by Crippen LogP contribution is 2.25. The Morgan fingerprint density at radius 3 is 2.85 bits per heavy atom. The Labute approximate surface area is 124 Å². The van der Waals surface area contributed by atoms with Crippen LogP contribution in [0.1, 0.15) is 11.3 Å². The van der Waals surface area contributed by atoms with Crippen LogP contribution in [0.2, 0.25) is 5.02 Å². The van der Waals surface area contributed by atoms with Gasteiger partial charge in [-0.15, -0.1) is 0 Å². The van der Waals surface area contributed by atoms with E-state index in [1.165, 1.54) is 30.0 Å². The first-order valence-corrected chi connectivity index (χ1v) is 7.04. The molecule has 106 valence electrons. The Hall–Kier alpha value is -1.38. The number of halogens is 1. The lowest BCUT2D eigenvalue weighted by Gasteiger charge is -2.12. The molecule has 0 fully saturated rings. The first kappa shape index (κ1) is 15.0. The molecule has 1 aromatic heterocycles. The summed E-state index contributed by atoms with van der Waals surface area (Å²) in [6.07, 6.45) is 0. The van der Waals surface area contributed by atoms with Crippen LogP contribution in [0, 0.1) is 12.1 Å². The van der Waals surface area contributed by atoms with E-state index in [1.807, 2.05) is 0 Å². The highest BCUT2D eigenvalue weighted by atomic mass is 35.5. The van der Waals surface area contributed by atoms with E-state index in [2.05, 4.69) is 9.97 Å². The SMILES string of the molecule is Cc1cc(=O)[nH]c(SCc2ccc([NH+]([O-])O)cc2Cl)n1. The average molecular weight is 314 g/mol. The van der Waals surface area contributed by atoms with Crippen molar-refractivity contribution < 1.29 is 10.4 Å². The third-order valence-corrected chi connectivity index (χ3v) is 3.79. The minimum absolute atomic E-state index is 0.144. The molecule has 1 unspecified atom stereocenters. The van der Waals surface area contributed by atoms with Crippen molar-refractivity contribution in [2.75, 3.05) is 0 Å². The number of thioether (sulfide) groups is 1. The van der Waals surface area contributed by atoms with E-state index in [0.717, 1.165) is 5.56 Å². The quantitative estimate of drug-likeness (QED) is 0.451. The molecule has 20 heavy (non-hydrogen) atoms. The van der Waals surface area contributed by atoms with Gasteiger partial charge in [-0.05, 0) is 12.5 Å². The van der Waals surface area contributed by atoms with Gasteiger partial charge in [-0.25, -0.2) is 10.2 Å². The number of benzene rings is 1. The van der Waals surface area contributed by atoms with Gasteiger partial charge in [-0.2, -0.15) is 5.23 Å².